The summed E-state index contributed by atoms with van der Waals surface area (Å²) in [6.45, 7) is 6.39. The number of nitrogens with zero attached hydrogens (tertiary/aromatic N) is 1. The van der Waals surface area contributed by atoms with Gasteiger partial charge in [-0.25, -0.2) is 4.79 Å². The van der Waals surface area contributed by atoms with Crippen LogP contribution in [0.1, 0.15) is 39.7 Å². The number of hydrogen-bond acceptors (Lipinski definition) is 6. The normalized spacial score (nSPS) is 12.9. The fourth-order valence-corrected chi connectivity index (χ4v) is 2.63. The molecule has 2 amide bonds. The van der Waals surface area contributed by atoms with Crippen LogP contribution in [0.4, 0.5) is 0 Å². The minimum atomic E-state index is -0.981. The maximum atomic E-state index is 12.7. The lowest BCUT2D eigenvalue weighted by Crippen LogP contribution is -2.54. The fraction of sp³-hybridized carbons (Fsp3) is 0.550. The number of hydrogen-bond donors (Lipinski definition) is 2. The maximum Gasteiger partial charge on any atom is 0.329 e. The smallest absolute Gasteiger partial charge is 0.329 e. The van der Waals surface area contributed by atoms with Crippen molar-refractivity contribution >= 4 is 17.8 Å². The average Bonchev–Trinajstić information content (AvgIpc) is 2.63. The molecule has 0 saturated carbocycles. The summed E-state index contributed by atoms with van der Waals surface area (Å²) >= 11 is 0. The van der Waals surface area contributed by atoms with E-state index in [9.17, 15) is 24.5 Å². The molecule has 2 atom stereocenters. The minimum absolute atomic E-state index is 0.0455. The molecule has 0 aliphatic carbocycles. The molecule has 0 saturated heterocycles. The number of amides is 2. The van der Waals surface area contributed by atoms with Gasteiger partial charge < -0.3 is 15.4 Å². The molecular formula is C20H29N3O6. The zero-order valence-corrected chi connectivity index (χ0v) is 17.2. The lowest BCUT2D eigenvalue weighted by Gasteiger charge is -2.25. The molecule has 0 aliphatic heterocycles. The Hall–Kier alpha value is -2.97. The Labute approximate surface area is 170 Å². The molecule has 0 radical (unpaired) electrons. The summed E-state index contributed by atoms with van der Waals surface area (Å²) in [6.07, 6.45) is 0.277. The second-order valence-corrected chi connectivity index (χ2v) is 7.56. The van der Waals surface area contributed by atoms with E-state index >= 15 is 0 Å². The van der Waals surface area contributed by atoms with Crippen LogP contribution in [0.2, 0.25) is 0 Å². The monoisotopic (exact) mass is 407 g/mol. The summed E-state index contributed by atoms with van der Waals surface area (Å²) in [5, 5.41) is 15.5. The van der Waals surface area contributed by atoms with Crippen LogP contribution in [0.25, 0.3) is 0 Å². The molecule has 1 aromatic carbocycles. The first-order valence-corrected chi connectivity index (χ1v) is 9.52. The van der Waals surface area contributed by atoms with Gasteiger partial charge in [-0.15, -0.1) is 0 Å². The van der Waals surface area contributed by atoms with Gasteiger partial charge >= 0.3 is 5.97 Å². The van der Waals surface area contributed by atoms with Gasteiger partial charge in [0.2, 0.25) is 5.91 Å². The first-order chi connectivity index (χ1) is 13.6. The molecule has 1 aromatic rings. The third-order valence-corrected chi connectivity index (χ3v) is 4.07. The van der Waals surface area contributed by atoms with E-state index in [0.717, 1.165) is 5.56 Å². The number of carbonyl (C=O) groups excluding carboxylic acids is 3. The van der Waals surface area contributed by atoms with Crippen molar-refractivity contribution in [3.05, 3.63) is 46.0 Å². The number of rotatable bonds is 11. The molecule has 0 unspecified atom stereocenters. The van der Waals surface area contributed by atoms with Crippen molar-refractivity contribution in [1.82, 2.24) is 10.6 Å². The van der Waals surface area contributed by atoms with Gasteiger partial charge in [-0.1, -0.05) is 58.0 Å². The van der Waals surface area contributed by atoms with Crippen molar-refractivity contribution < 1.29 is 24.0 Å². The lowest BCUT2D eigenvalue weighted by molar-refractivity contribution is -0.467. The summed E-state index contributed by atoms with van der Waals surface area (Å²) in [5.74, 6) is -2.23. The Balaban J connectivity index is 2.78. The largest absolute Gasteiger partial charge is 0.459 e. The quantitative estimate of drug-likeness (QED) is 0.326. The summed E-state index contributed by atoms with van der Waals surface area (Å²) in [4.78, 5) is 46.7. The van der Waals surface area contributed by atoms with Gasteiger partial charge in [-0.2, -0.15) is 0 Å². The summed E-state index contributed by atoms with van der Waals surface area (Å²) < 4.78 is 5.32. The van der Waals surface area contributed by atoms with E-state index in [1.165, 1.54) is 0 Å². The summed E-state index contributed by atoms with van der Waals surface area (Å²) in [5.41, 5.74) is 0.819. The third-order valence-electron chi connectivity index (χ3n) is 4.07. The number of esters is 1. The van der Waals surface area contributed by atoms with Crippen molar-refractivity contribution in [3.63, 3.8) is 0 Å². The number of nitro groups is 1. The molecule has 29 heavy (non-hydrogen) atoms. The second-order valence-electron chi connectivity index (χ2n) is 7.56. The zero-order valence-electron chi connectivity index (χ0n) is 17.2. The number of ether oxygens (including phenoxy) is 1. The molecule has 0 spiro atoms. The second kappa shape index (κ2) is 11.8. The van der Waals surface area contributed by atoms with E-state index in [1.807, 2.05) is 44.2 Å². The third kappa shape index (κ3) is 9.18. The van der Waals surface area contributed by atoms with E-state index < -0.39 is 41.3 Å². The van der Waals surface area contributed by atoms with Crippen LogP contribution in [0.15, 0.2) is 30.3 Å². The Morgan fingerprint density at radius 1 is 1.07 bits per heavy atom. The van der Waals surface area contributed by atoms with Gasteiger partial charge in [0.15, 0.2) is 0 Å². The van der Waals surface area contributed by atoms with Crippen LogP contribution in [-0.4, -0.2) is 41.3 Å². The Bertz CT molecular complexity index is 705. The first kappa shape index (κ1) is 24.1. The van der Waals surface area contributed by atoms with Crippen molar-refractivity contribution in [3.8, 4) is 0 Å². The van der Waals surface area contributed by atoms with Crippen molar-refractivity contribution in [2.75, 3.05) is 6.54 Å². The average molecular weight is 407 g/mol. The van der Waals surface area contributed by atoms with Crippen LogP contribution >= 0.6 is 0 Å². The van der Waals surface area contributed by atoms with Crippen LogP contribution < -0.4 is 10.6 Å². The number of nitrogens with one attached hydrogen (secondary N) is 2. The summed E-state index contributed by atoms with van der Waals surface area (Å²) in [6, 6.07) is 7.26. The van der Waals surface area contributed by atoms with Crippen LogP contribution in [0.3, 0.4) is 0 Å². The predicted octanol–water partition coefficient (Wildman–Crippen LogP) is 1.68. The Kier molecular flexibility index (Phi) is 9.78. The molecule has 1 rings (SSSR count). The Morgan fingerprint density at radius 2 is 1.69 bits per heavy atom. The van der Waals surface area contributed by atoms with Crippen LogP contribution in [-0.2, 0) is 25.7 Å². The first-order valence-electron chi connectivity index (χ1n) is 9.52. The minimum Gasteiger partial charge on any atom is -0.459 e. The highest BCUT2D eigenvalue weighted by molar-refractivity contribution is 5.91. The molecule has 9 heteroatoms. The van der Waals surface area contributed by atoms with Gasteiger partial charge in [-0.3, -0.25) is 19.7 Å². The Morgan fingerprint density at radius 3 is 2.21 bits per heavy atom. The van der Waals surface area contributed by atoms with Gasteiger partial charge in [0.05, 0.1) is 0 Å². The highest BCUT2D eigenvalue weighted by Crippen LogP contribution is 2.10. The number of carbonyl (C=O) groups is 3. The van der Waals surface area contributed by atoms with E-state index in [1.54, 1.807) is 13.8 Å². The molecule has 0 aromatic heterocycles. The van der Waals surface area contributed by atoms with Gasteiger partial charge in [0.1, 0.15) is 18.7 Å². The topological polar surface area (TPSA) is 128 Å². The van der Waals surface area contributed by atoms with Gasteiger partial charge in [0.25, 0.3) is 12.5 Å². The van der Waals surface area contributed by atoms with Gasteiger partial charge in [-0.05, 0) is 23.8 Å². The van der Waals surface area contributed by atoms with Crippen molar-refractivity contribution in [2.45, 2.75) is 52.8 Å². The standard InChI is InChI=1S/C20H29N3O6/c1-13(2)10-16(21-17(24)11-23(27)28)19(25)22-18(14(3)4)20(26)29-12-15-8-6-5-7-9-15/h5-9,13-14,16,18H,10-12H2,1-4H3,(H,21,24)(H,22,25)/t16-,18-/m0/s1. The highest BCUT2D eigenvalue weighted by Gasteiger charge is 2.30. The lowest BCUT2D eigenvalue weighted by atomic mass is 10.0. The molecule has 0 bridgehead atoms. The van der Waals surface area contributed by atoms with E-state index in [4.69, 9.17) is 4.74 Å². The van der Waals surface area contributed by atoms with E-state index in [0.29, 0.717) is 0 Å². The predicted molar refractivity (Wildman–Crippen MR) is 106 cm³/mol. The molecular weight excluding hydrogens is 378 g/mol. The van der Waals surface area contributed by atoms with Gasteiger partial charge in [0, 0.05) is 4.92 Å². The molecule has 2 N–H and O–H groups in total. The highest BCUT2D eigenvalue weighted by atomic mass is 16.6. The van der Waals surface area contributed by atoms with Crippen molar-refractivity contribution in [1.29, 1.82) is 0 Å². The van der Waals surface area contributed by atoms with E-state index in [-0.39, 0.29) is 24.9 Å². The fourth-order valence-electron chi connectivity index (χ4n) is 2.63. The molecule has 0 aliphatic rings. The van der Waals surface area contributed by atoms with Crippen LogP contribution in [0.5, 0.6) is 0 Å². The molecule has 160 valence electrons. The van der Waals surface area contributed by atoms with Crippen LogP contribution in [0, 0.1) is 22.0 Å². The molecule has 0 heterocycles. The van der Waals surface area contributed by atoms with E-state index in [2.05, 4.69) is 10.6 Å². The molecule has 0 fully saturated rings. The van der Waals surface area contributed by atoms with Crippen molar-refractivity contribution in [2.24, 2.45) is 11.8 Å². The summed E-state index contributed by atoms with van der Waals surface area (Å²) in [7, 11) is 0. The zero-order chi connectivity index (χ0) is 22.0. The molecule has 9 nitrogen and oxygen atoms in total. The maximum absolute atomic E-state index is 12.7. The number of benzene rings is 1. The SMILES string of the molecule is CC(C)C[C@H](NC(=O)C[N+](=O)[O-])C(=O)N[C@H](C(=O)OCc1ccccc1)C(C)C.